The number of morpholine rings is 1. The quantitative estimate of drug-likeness (QED) is 0.743. The summed E-state index contributed by atoms with van der Waals surface area (Å²) in [6, 6.07) is 1.59. The lowest BCUT2D eigenvalue weighted by Gasteiger charge is -2.26. The van der Waals surface area contributed by atoms with E-state index in [1.54, 1.807) is 19.9 Å². The summed E-state index contributed by atoms with van der Waals surface area (Å²) in [5, 5.41) is 6.79. The van der Waals surface area contributed by atoms with Crippen molar-refractivity contribution in [1.29, 1.82) is 0 Å². The summed E-state index contributed by atoms with van der Waals surface area (Å²) in [4.78, 5) is 46.6. The maximum Gasteiger partial charge on any atom is 0.315 e. The van der Waals surface area contributed by atoms with Crippen molar-refractivity contribution in [2.24, 2.45) is 15.9 Å². The Morgan fingerprint density at radius 1 is 1.26 bits per heavy atom. The third-order valence-corrected chi connectivity index (χ3v) is 4.45. The van der Waals surface area contributed by atoms with Gasteiger partial charge in [-0.3, -0.25) is 14.4 Å². The monoisotopic (exact) mass is 374 g/mol. The smallest absolute Gasteiger partial charge is 0.315 e. The zero-order chi connectivity index (χ0) is 19.6. The molecule has 0 bridgehead atoms. The molecule has 2 aliphatic heterocycles. The van der Waals surface area contributed by atoms with E-state index in [9.17, 15) is 14.4 Å². The molecular formula is C17H22N6O4. The molecule has 1 atom stereocenters. The third kappa shape index (κ3) is 3.95. The molecule has 1 saturated heterocycles. The molecule has 27 heavy (non-hydrogen) atoms. The van der Waals surface area contributed by atoms with E-state index >= 15 is 0 Å². The second-order valence-electron chi connectivity index (χ2n) is 6.41. The average Bonchev–Trinajstić information content (AvgIpc) is 3.01. The Balaban J connectivity index is 1.81. The number of carbonyl (C=O) groups is 3. The molecule has 1 N–H and O–H groups in total. The van der Waals surface area contributed by atoms with Crippen LogP contribution in [0.25, 0.3) is 0 Å². The van der Waals surface area contributed by atoms with Gasteiger partial charge < -0.3 is 15.0 Å². The van der Waals surface area contributed by atoms with E-state index in [0.717, 1.165) is 0 Å². The second-order valence-corrected chi connectivity index (χ2v) is 6.41. The van der Waals surface area contributed by atoms with Crippen LogP contribution >= 0.6 is 0 Å². The van der Waals surface area contributed by atoms with Gasteiger partial charge in [0.05, 0.1) is 24.8 Å². The number of carbonyl (C=O) groups excluding carboxylic acids is 3. The van der Waals surface area contributed by atoms with Crippen LogP contribution in [0.15, 0.2) is 16.1 Å². The fraction of sp³-hybridized carbons (Fsp3) is 0.529. The van der Waals surface area contributed by atoms with Gasteiger partial charge in [0.1, 0.15) is 5.82 Å². The standard InChI is InChI=1S/C17H22N6O4/c1-4-12-11(3)18-17(20-14(12)24)23-13(9-10(2)21-23)19-15(25)16(26)22-5-7-27-8-6-22/h9,12H,4-8H2,1-3H3,(H,19,25). The molecule has 0 aliphatic carbocycles. The van der Waals surface area contributed by atoms with Crippen LogP contribution in [0.5, 0.6) is 0 Å². The number of hydrogen-bond acceptors (Lipinski definition) is 6. The van der Waals surface area contributed by atoms with E-state index in [2.05, 4.69) is 20.4 Å². The van der Waals surface area contributed by atoms with E-state index in [1.165, 1.54) is 9.58 Å². The molecule has 1 aromatic heterocycles. The topological polar surface area (TPSA) is 118 Å². The summed E-state index contributed by atoms with van der Waals surface area (Å²) in [6.45, 7) is 6.93. The molecule has 0 radical (unpaired) electrons. The van der Waals surface area contributed by atoms with E-state index in [-0.39, 0.29) is 23.6 Å². The van der Waals surface area contributed by atoms with Crippen LogP contribution in [0, 0.1) is 12.8 Å². The Bertz CT molecular complexity index is 834. The summed E-state index contributed by atoms with van der Waals surface area (Å²) >= 11 is 0. The van der Waals surface area contributed by atoms with Crippen molar-refractivity contribution < 1.29 is 19.1 Å². The zero-order valence-electron chi connectivity index (χ0n) is 15.6. The fourth-order valence-corrected chi connectivity index (χ4v) is 3.00. The van der Waals surface area contributed by atoms with Crippen LogP contribution in [0.2, 0.25) is 0 Å². The van der Waals surface area contributed by atoms with Gasteiger partial charge in [-0.05, 0) is 20.3 Å². The van der Waals surface area contributed by atoms with Gasteiger partial charge in [-0.1, -0.05) is 6.92 Å². The molecule has 0 spiro atoms. The first-order chi connectivity index (χ1) is 12.9. The van der Waals surface area contributed by atoms with Gasteiger partial charge in [0.15, 0.2) is 0 Å². The number of aromatic nitrogens is 2. The highest BCUT2D eigenvalue weighted by atomic mass is 16.5. The highest BCUT2D eigenvalue weighted by molar-refractivity contribution is 6.39. The molecule has 0 aromatic carbocycles. The average molecular weight is 374 g/mol. The maximum absolute atomic E-state index is 12.4. The van der Waals surface area contributed by atoms with Crippen molar-refractivity contribution in [3.05, 3.63) is 11.8 Å². The highest BCUT2D eigenvalue weighted by Gasteiger charge is 2.28. The van der Waals surface area contributed by atoms with E-state index in [1.807, 2.05) is 6.92 Å². The Morgan fingerprint density at radius 2 is 1.96 bits per heavy atom. The molecule has 3 amide bonds. The molecule has 144 valence electrons. The first-order valence-corrected chi connectivity index (χ1v) is 8.83. The lowest BCUT2D eigenvalue weighted by molar-refractivity contribution is -0.145. The SMILES string of the molecule is CCC1C(=O)N=C(n2nc(C)cc2NC(=O)C(=O)N2CCOCC2)N=C1C. The number of nitrogens with one attached hydrogen (secondary N) is 1. The van der Waals surface area contributed by atoms with Crippen LogP contribution in [-0.4, -0.2) is 70.4 Å². The molecule has 3 rings (SSSR count). The van der Waals surface area contributed by atoms with Crippen molar-refractivity contribution in [2.75, 3.05) is 31.6 Å². The van der Waals surface area contributed by atoms with Crippen LogP contribution in [0.3, 0.4) is 0 Å². The first-order valence-electron chi connectivity index (χ1n) is 8.83. The minimum absolute atomic E-state index is 0.0735. The molecule has 1 aromatic rings. The molecule has 0 saturated carbocycles. The summed E-state index contributed by atoms with van der Waals surface area (Å²) in [5.74, 6) is -1.76. The van der Waals surface area contributed by atoms with Crippen molar-refractivity contribution in [2.45, 2.75) is 27.2 Å². The van der Waals surface area contributed by atoms with Gasteiger partial charge in [0, 0.05) is 24.9 Å². The second kappa shape index (κ2) is 7.78. The maximum atomic E-state index is 12.4. The van der Waals surface area contributed by atoms with Crippen LogP contribution in [0.4, 0.5) is 5.82 Å². The Hall–Kier alpha value is -2.88. The van der Waals surface area contributed by atoms with Gasteiger partial charge in [0.25, 0.3) is 11.9 Å². The largest absolute Gasteiger partial charge is 0.378 e. The predicted octanol–water partition coefficient (Wildman–Crippen LogP) is 0.220. The van der Waals surface area contributed by atoms with Crippen molar-refractivity contribution in [3.63, 3.8) is 0 Å². The molecule has 10 nitrogen and oxygen atoms in total. The Kier molecular flexibility index (Phi) is 5.45. The summed E-state index contributed by atoms with van der Waals surface area (Å²) < 4.78 is 6.46. The number of ether oxygens (including phenoxy) is 1. The van der Waals surface area contributed by atoms with Crippen molar-refractivity contribution >= 4 is 35.2 Å². The molecule has 2 aliphatic rings. The van der Waals surface area contributed by atoms with Crippen LogP contribution < -0.4 is 5.32 Å². The molecular weight excluding hydrogens is 352 g/mol. The normalized spacial score (nSPS) is 20.2. The molecule has 1 fully saturated rings. The van der Waals surface area contributed by atoms with Crippen LogP contribution in [0.1, 0.15) is 26.0 Å². The minimum Gasteiger partial charge on any atom is -0.378 e. The lowest BCUT2D eigenvalue weighted by Crippen LogP contribution is -2.46. The van der Waals surface area contributed by atoms with Crippen molar-refractivity contribution in [1.82, 2.24) is 14.7 Å². The highest BCUT2D eigenvalue weighted by Crippen LogP contribution is 2.17. The number of anilines is 1. The fourth-order valence-electron chi connectivity index (χ4n) is 3.00. The van der Waals surface area contributed by atoms with E-state index in [4.69, 9.17) is 4.74 Å². The van der Waals surface area contributed by atoms with Gasteiger partial charge in [-0.2, -0.15) is 14.8 Å². The zero-order valence-corrected chi connectivity index (χ0v) is 15.6. The first kappa shape index (κ1) is 18.9. The van der Waals surface area contributed by atoms with Gasteiger partial charge in [-0.15, -0.1) is 0 Å². The van der Waals surface area contributed by atoms with Gasteiger partial charge >= 0.3 is 11.8 Å². The number of aryl methyl sites for hydroxylation is 1. The summed E-state index contributed by atoms with van der Waals surface area (Å²) in [6.07, 6.45) is 0.612. The minimum atomic E-state index is -0.784. The van der Waals surface area contributed by atoms with E-state index < -0.39 is 11.8 Å². The third-order valence-electron chi connectivity index (χ3n) is 4.45. The van der Waals surface area contributed by atoms with Crippen molar-refractivity contribution in [3.8, 4) is 0 Å². The summed E-state index contributed by atoms with van der Waals surface area (Å²) in [7, 11) is 0. The number of aliphatic imine (C=N–C) groups is 2. The van der Waals surface area contributed by atoms with Gasteiger partial charge in [0.2, 0.25) is 0 Å². The molecule has 10 heteroatoms. The summed E-state index contributed by atoms with van der Waals surface area (Å²) in [5.41, 5.74) is 1.23. The molecule has 1 unspecified atom stereocenters. The Morgan fingerprint density at radius 3 is 2.59 bits per heavy atom. The van der Waals surface area contributed by atoms with E-state index in [0.29, 0.717) is 44.1 Å². The number of nitrogens with zero attached hydrogens (tertiary/aromatic N) is 5. The number of rotatable bonds is 2. The lowest BCUT2D eigenvalue weighted by atomic mass is 10.00. The predicted molar refractivity (Wildman–Crippen MR) is 97.7 cm³/mol. The number of hydrogen-bond donors (Lipinski definition) is 1. The number of amides is 3. The Labute approximate surface area is 156 Å². The molecule has 3 heterocycles. The van der Waals surface area contributed by atoms with Crippen LogP contribution in [-0.2, 0) is 19.1 Å². The van der Waals surface area contributed by atoms with Gasteiger partial charge in [-0.25, -0.2) is 4.99 Å².